The van der Waals surface area contributed by atoms with Gasteiger partial charge in [0, 0.05) is 5.56 Å². The van der Waals surface area contributed by atoms with E-state index in [4.69, 9.17) is 4.84 Å². The largest absolute Gasteiger partial charge is 0.290 e. The molecule has 0 saturated heterocycles. The zero-order valence-corrected chi connectivity index (χ0v) is 9.03. The average molecular weight is 208 g/mol. The lowest BCUT2D eigenvalue weighted by atomic mass is 10.2. The highest BCUT2D eigenvalue weighted by atomic mass is 16.7. The molecule has 0 bridgehead atoms. The van der Waals surface area contributed by atoms with Crippen molar-refractivity contribution >= 4 is 5.91 Å². The summed E-state index contributed by atoms with van der Waals surface area (Å²) in [7, 11) is 0. The smallest absolute Gasteiger partial charge is 0.274 e. The summed E-state index contributed by atoms with van der Waals surface area (Å²) < 4.78 is 0. The number of amides is 1. The van der Waals surface area contributed by atoms with E-state index in [-0.39, 0.29) is 5.75 Å². The molecule has 1 N–H and O–H groups in total. The van der Waals surface area contributed by atoms with Crippen LogP contribution in [0, 0.1) is 0 Å². The van der Waals surface area contributed by atoms with Gasteiger partial charge in [-0.2, -0.15) is 0 Å². The van der Waals surface area contributed by atoms with Crippen LogP contribution in [0.3, 0.4) is 0 Å². The van der Waals surface area contributed by atoms with E-state index in [0.717, 1.165) is 0 Å². The fourth-order valence-corrected chi connectivity index (χ4v) is 0.896. The van der Waals surface area contributed by atoms with Gasteiger partial charge in [-0.3, -0.25) is 14.7 Å². The molecule has 0 aromatic heterocycles. The monoisotopic (exact) mass is 208 g/mol. The van der Waals surface area contributed by atoms with Gasteiger partial charge in [-0.05, 0) is 39.0 Å². The maximum absolute atomic E-state index is 11.5. The molecule has 0 aliphatic rings. The van der Waals surface area contributed by atoms with Gasteiger partial charge in [0.15, 0.2) is 5.75 Å². The number of hydrogen-bond acceptors (Lipinski definition) is 2. The van der Waals surface area contributed by atoms with Crippen molar-refractivity contribution in [1.29, 1.82) is 0 Å². The minimum atomic E-state index is -0.454. The van der Waals surface area contributed by atoms with Crippen molar-refractivity contribution in [1.82, 2.24) is 5.48 Å². The highest BCUT2D eigenvalue weighted by Crippen LogP contribution is 2.12. The van der Waals surface area contributed by atoms with E-state index >= 15 is 0 Å². The normalized spacial score (nSPS) is 11.1. The van der Waals surface area contributed by atoms with Gasteiger partial charge < -0.3 is 0 Å². The zero-order valence-electron chi connectivity index (χ0n) is 9.03. The van der Waals surface area contributed by atoms with Gasteiger partial charge in [0.25, 0.3) is 5.91 Å². The summed E-state index contributed by atoms with van der Waals surface area (Å²) >= 11 is 0. The van der Waals surface area contributed by atoms with Crippen molar-refractivity contribution in [2.75, 3.05) is 0 Å². The van der Waals surface area contributed by atoms with Crippen LogP contribution in [0.4, 0.5) is 0 Å². The van der Waals surface area contributed by atoms with E-state index in [1.807, 2.05) is 20.8 Å². The molecule has 0 aliphatic heterocycles. The molecular weight excluding hydrogens is 194 g/mol. The van der Waals surface area contributed by atoms with Crippen molar-refractivity contribution in [2.45, 2.75) is 26.4 Å². The fourth-order valence-electron chi connectivity index (χ4n) is 0.896. The number of carbonyl (C=O) groups excluding carboxylic acids is 1. The molecule has 0 fully saturated rings. The van der Waals surface area contributed by atoms with Crippen molar-refractivity contribution < 1.29 is 14.7 Å². The Balaban J connectivity index is 2.62. The van der Waals surface area contributed by atoms with Crippen LogP contribution in [0.15, 0.2) is 24.3 Å². The molecule has 0 saturated carbocycles. The molecule has 4 heteroatoms. The molecule has 0 unspecified atom stereocenters. The second-order valence-electron chi connectivity index (χ2n) is 4.17. The van der Waals surface area contributed by atoms with Crippen LogP contribution in [0.25, 0.3) is 0 Å². The lowest BCUT2D eigenvalue weighted by Gasteiger charge is -2.18. The van der Waals surface area contributed by atoms with Crippen molar-refractivity contribution in [3.8, 4) is 5.75 Å². The number of carbonyl (C=O) groups is 1. The molecule has 1 radical (unpaired) electrons. The lowest BCUT2D eigenvalue weighted by Crippen LogP contribution is -2.33. The van der Waals surface area contributed by atoms with Crippen molar-refractivity contribution in [3.63, 3.8) is 0 Å². The average Bonchev–Trinajstić information content (AvgIpc) is 2.13. The highest BCUT2D eigenvalue weighted by molar-refractivity contribution is 5.93. The second kappa shape index (κ2) is 4.31. The summed E-state index contributed by atoms with van der Waals surface area (Å²) in [6, 6.07) is 5.75. The molecule has 4 nitrogen and oxygen atoms in total. The Morgan fingerprint density at radius 3 is 2.53 bits per heavy atom. The molecule has 0 atom stereocenters. The molecule has 1 rings (SSSR count). The first-order valence-electron chi connectivity index (χ1n) is 4.64. The fraction of sp³-hybridized carbons (Fsp3) is 0.364. The molecule has 81 valence electrons. The molecule has 15 heavy (non-hydrogen) atoms. The van der Waals surface area contributed by atoms with Gasteiger partial charge in [0.2, 0.25) is 0 Å². The van der Waals surface area contributed by atoms with E-state index in [1.54, 1.807) is 6.07 Å². The first-order chi connectivity index (χ1) is 6.88. The zero-order chi connectivity index (χ0) is 11.5. The molecule has 1 amide bonds. The summed E-state index contributed by atoms with van der Waals surface area (Å²) in [6.07, 6.45) is 0. The Morgan fingerprint density at radius 2 is 2.00 bits per heavy atom. The predicted molar refractivity (Wildman–Crippen MR) is 54.9 cm³/mol. The van der Waals surface area contributed by atoms with Crippen LogP contribution in [-0.4, -0.2) is 11.5 Å². The number of hydroxylamine groups is 1. The Labute approximate surface area is 88.8 Å². The number of benzene rings is 1. The quantitative estimate of drug-likeness (QED) is 0.758. The van der Waals surface area contributed by atoms with E-state index in [9.17, 15) is 9.90 Å². The van der Waals surface area contributed by atoms with E-state index in [1.165, 1.54) is 18.2 Å². The van der Waals surface area contributed by atoms with Crippen LogP contribution >= 0.6 is 0 Å². The third kappa shape index (κ3) is 3.99. The van der Waals surface area contributed by atoms with Crippen LogP contribution in [0.1, 0.15) is 31.1 Å². The number of rotatable bonds is 2. The minimum absolute atomic E-state index is 0.196. The molecule has 0 heterocycles. The summed E-state index contributed by atoms with van der Waals surface area (Å²) in [6.45, 7) is 5.45. The lowest BCUT2D eigenvalue weighted by molar-refractivity contribution is -0.0589. The van der Waals surface area contributed by atoms with Crippen molar-refractivity contribution in [2.24, 2.45) is 0 Å². The summed E-state index contributed by atoms with van der Waals surface area (Å²) in [5.41, 5.74) is 2.13. The third-order valence-electron chi connectivity index (χ3n) is 1.55. The van der Waals surface area contributed by atoms with E-state index < -0.39 is 11.5 Å². The second-order valence-corrected chi connectivity index (χ2v) is 4.17. The maximum atomic E-state index is 11.5. The van der Waals surface area contributed by atoms with E-state index in [2.05, 4.69) is 5.48 Å². The molecular formula is C11H14NO3. The Morgan fingerprint density at radius 1 is 1.33 bits per heavy atom. The summed E-state index contributed by atoms with van der Waals surface area (Å²) in [4.78, 5) is 16.6. The Bertz CT molecular complexity index is 355. The van der Waals surface area contributed by atoms with Gasteiger partial charge in [-0.15, -0.1) is 0 Å². The maximum Gasteiger partial charge on any atom is 0.274 e. The molecule has 0 aliphatic carbocycles. The Kier molecular flexibility index (Phi) is 3.31. The summed E-state index contributed by atoms with van der Waals surface area (Å²) in [5.74, 6) is -0.610. The van der Waals surface area contributed by atoms with Crippen LogP contribution in [0.5, 0.6) is 5.75 Å². The SMILES string of the molecule is CC(C)(C)ONC(=O)c1cccc([O])c1. The van der Waals surface area contributed by atoms with Gasteiger partial charge in [0.05, 0.1) is 5.60 Å². The molecule has 1 aromatic rings. The standard InChI is InChI=1S/C11H14NO3/c1-11(2,3)15-12-10(14)8-5-4-6-9(13)7-8/h4-7H,1-3H3,(H,12,14). The van der Waals surface area contributed by atoms with Gasteiger partial charge >= 0.3 is 0 Å². The molecule has 1 aromatic carbocycles. The number of nitrogens with one attached hydrogen (secondary N) is 1. The minimum Gasteiger partial charge on any atom is -0.290 e. The van der Waals surface area contributed by atoms with Crippen molar-refractivity contribution in [3.05, 3.63) is 29.8 Å². The number of hydrogen-bond donors (Lipinski definition) is 1. The summed E-state index contributed by atoms with van der Waals surface area (Å²) in [5, 5.41) is 11.0. The highest BCUT2D eigenvalue weighted by Gasteiger charge is 2.14. The van der Waals surface area contributed by atoms with Gasteiger partial charge in [-0.1, -0.05) is 6.07 Å². The third-order valence-corrected chi connectivity index (χ3v) is 1.55. The van der Waals surface area contributed by atoms with Crippen LogP contribution in [-0.2, 0) is 9.94 Å². The van der Waals surface area contributed by atoms with E-state index in [0.29, 0.717) is 5.56 Å². The topological polar surface area (TPSA) is 58.2 Å². The first kappa shape index (κ1) is 11.5. The molecule has 0 spiro atoms. The predicted octanol–water partition coefficient (Wildman–Crippen LogP) is 2.29. The Hall–Kier alpha value is -1.55. The van der Waals surface area contributed by atoms with Crippen LogP contribution in [0.2, 0.25) is 0 Å². The first-order valence-corrected chi connectivity index (χ1v) is 4.64. The van der Waals surface area contributed by atoms with Gasteiger partial charge in [0.1, 0.15) is 0 Å². The van der Waals surface area contributed by atoms with Crippen LogP contribution < -0.4 is 5.48 Å². The van der Waals surface area contributed by atoms with Gasteiger partial charge in [-0.25, -0.2) is 5.48 Å².